The number of nitrogens with zero attached hydrogens (tertiary/aromatic N) is 3. The average Bonchev–Trinajstić information content (AvgIpc) is 2.78. The van der Waals surface area contributed by atoms with Crippen molar-refractivity contribution in [3.63, 3.8) is 0 Å². The molecule has 0 saturated carbocycles. The molecule has 0 aliphatic heterocycles. The first-order valence-electron chi connectivity index (χ1n) is 5.43. The molecule has 0 radical (unpaired) electrons. The third kappa shape index (κ3) is 2.86. The van der Waals surface area contributed by atoms with Gasteiger partial charge in [0.25, 0.3) is 0 Å². The lowest BCUT2D eigenvalue weighted by Gasteiger charge is -2.12. The van der Waals surface area contributed by atoms with Gasteiger partial charge in [-0.2, -0.15) is 9.67 Å². The van der Waals surface area contributed by atoms with Gasteiger partial charge in [0.15, 0.2) is 5.82 Å². The van der Waals surface area contributed by atoms with Gasteiger partial charge < -0.3 is 16.2 Å². The van der Waals surface area contributed by atoms with E-state index in [1.165, 1.54) is 0 Å². The van der Waals surface area contributed by atoms with Crippen molar-refractivity contribution in [1.29, 1.82) is 0 Å². The van der Waals surface area contributed by atoms with Crippen molar-refractivity contribution in [3.8, 4) is 11.4 Å². The highest BCUT2D eigenvalue weighted by Gasteiger charge is 2.23. The average molecular weight is 312 g/mol. The van der Waals surface area contributed by atoms with Crippen molar-refractivity contribution in [1.82, 2.24) is 20.1 Å². The Kier molecular flexibility index (Phi) is 4.16. The molecule has 1 aromatic carbocycles. The molecule has 4 N–H and O–H groups in total. The Morgan fingerprint density at radius 3 is 2.70 bits per heavy atom. The van der Waals surface area contributed by atoms with Crippen LogP contribution in [0.2, 0.25) is 5.02 Å². The molecular formula is C11H10ClN5O2S. The number of hydrogen-bond donors (Lipinski definition) is 3. The van der Waals surface area contributed by atoms with E-state index in [2.05, 4.69) is 27.6 Å². The zero-order valence-corrected chi connectivity index (χ0v) is 11.6. The quantitative estimate of drug-likeness (QED) is 0.715. The van der Waals surface area contributed by atoms with E-state index in [0.29, 0.717) is 16.4 Å². The molecule has 1 unspecified atom stereocenters. The largest absolute Gasteiger partial charge is 0.478 e. The maximum atomic E-state index is 11.1. The molecule has 1 atom stereocenters. The van der Waals surface area contributed by atoms with E-state index in [4.69, 9.17) is 22.4 Å². The summed E-state index contributed by atoms with van der Waals surface area (Å²) in [5.41, 5.74) is 7.45. The number of rotatable bonds is 5. The zero-order valence-electron chi connectivity index (χ0n) is 10.0. The summed E-state index contributed by atoms with van der Waals surface area (Å²) in [7, 11) is 0. The van der Waals surface area contributed by atoms with Crippen LogP contribution in [0.5, 0.6) is 0 Å². The van der Waals surface area contributed by atoms with Gasteiger partial charge in [0.2, 0.25) is 12.1 Å². The number of nitrogens with two attached hydrogens (primary N) is 1. The summed E-state index contributed by atoms with van der Waals surface area (Å²) in [4.78, 5) is 15.2. The van der Waals surface area contributed by atoms with Crippen molar-refractivity contribution in [2.75, 3.05) is 5.73 Å². The number of aliphatic carboxylic acids is 1. The molecule has 0 saturated heterocycles. The Bertz CT molecular complexity index is 643. The number of aromatic nitrogens is 3. The van der Waals surface area contributed by atoms with Crippen molar-refractivity contribution in [3.05, 3.63) is 29.3 Å². The van der Waals surface area contributed by atoms with Crippen molar-refractivity contribution < 1.29 is 9.90 Å². The maximum absolute atomic E-state index is 11.1. The van der Waals surface area contributed by atoms with Crippen LogP contribution in [0.25, 0.3) is 11.4 Å². The molecule has 104 valence electrons. The molecule has 0 fully saturated rings. The summed E-state index contributed by atoms with van der Waals surface area (Å²) in [5, 5.41) is 16.2. The number of nitrogens with one attached hydrogen (secondary N) is 1. The van der Waals surface area contributed by atoms with Crippen molar-refractivity contribution in [2.24, 2.45) is 0 Å². The second kappa shape index (κ2) is 5.85. The first-order chi connectivity index (χ1) is 9.52. The second-order valence-corrected chi connectivity index (χ2v) is 4.44. The minimum atomic E-state index is -1.21. The SMILES string of the molecule is Nc1nc(-c2ccc(Cl)cc2)nn1C(NC=S)C(=O)O. The fourth-order valence-corrected chi connectivity index (χ4v) is 1.81. The number of carboxylic acid groups (broad SMARTS) is 1. The minimum absolute atomic E-state index is 0.0355. The van der Waals surface area contributed by atoms with Crippen LogP contribution in [0.3, 0.4) is 0 Å². The molecule has 2 rings (SSSR count). The molecule has 7 nitrogen and oxygen atoms in total. The summed E-state index contributed by atoms with van der Waals surface area (Å²) in [6.07, 6.45) is -1.21. The van der Waals surface area contributed by atoms with E-state index in [-0.39, 0.29) is 5.95 Å². The predicted molar refractivity (Wildman–Crippen MR) is 78.3 cm³/mol. The van der Waals surface area contributed by atoms with Gasteiger partial charge in [-0.3, -0.25) is 0 Å². The molecule has 0 bridgehead atoms. The first kappa shape index (κ1) is 14.2. The molecule has 0 aliphatic carbocycles. The van der Waals surface area contributed by atoms with Crippen LogP contribution in [0.4, 0.5) is 5.95 Å². The Morgan fingerprint density at radius 1 is 1.50 bits per heavy atom. The molecule has 0 spiro atoms. The summed E-state index contributed by atoms with van der Waals surface area (Å²) in [6.45, 7) is 0. The standard InChI is InChI=1S/C11H10ClN5O2S/c12-7-3-1-6(2-4-7)8-15-11(13)17(16-8)9(10(18)19)14-5-20/h1-5,9H,(H,14,20)(H,18,19)(H2,13,15,16). The van der Waals surface area contributed by atoms with Gasteiger partial charge in [0, 0.05) is 10.6 Å². The zero-order chi connectivity index (χ0) is 14.7. The third-order valence-corrected chi connectivity index (χ3v) is 2.85. The minimum Gasteiger partial charge on any atom is -0.478 e. The number of thiocarbonyl (C=S) groups is 1. The molecule has 20 heavy (non-hydrogen) atoms. The number of carboxylic acids is 1. The summed E-state index contributed by atoms with van der Waals surface area (Å²) in [5.74, 6) is -0.909. The lowest BCUT2D eigenvalue weighted by atomic mass is 10.2. The van der Waals surface area contributed by atoms with E-state index in [0.717, 1.165) is 10.2 Å². The number of halogens is 1. The van der Waals surface area contributed by atoms with Crippen LogP contribution >= 0.6 is 23.8 Å². The topological polar surface area (TPSA) is 106 Å². The van der Waals surface area contributed by atoms with Crippen LogP contribution in [0.15, 0.2) is 24.3 Å². The lowest BCUT2D eigenvalue weighted by molar-refractivity contribution is -0.141. The van der Waals surface area contributed by atoms with E-state index < -0.39 is 12.1 Å². The molecule has 2 aromatic rings. The maximum Gasteiger partial charge on any atom is 0.349 e. The van der Waals surface area contributed by atoms with Crippen LogP contribution < -0.4 is 11.1 Å². The number of hydrogen-bond acceptors (Lipinski definition) is 5. The second-order valence-electron chi connectivity index (χ2n) is 3.77. The van der Waals surface area contributed by atoms with E-state index >= 15 is 0 Å². The number of anilines is 1. The molecule has 1 heterocycles. The Balaban J connectivity index is 2.40. The molecule has 0 amide bonds. The number of nitrogen functional groups attached to an aromatic ring is 1. The van der Waals surface area contributed by atoms with Gasteiger partial charge in [0.1, 0.15) is 0 Å². The molecular weight excluding hydrogens is 302 g/mol. The predicted octanol–water partition coefficient (Wildman–Crippen LogP) is 1.31. The highest BCUT2D eigenvalue weighted by molar-refractivity contribution is 7.78. The van der Waals surface area contributed by atoms with E-state index in [1.807, 2.05) is 0 Å². The van der Waals surface area contributed by atoms with Crippen LogP contribution in [-0.2, 0) is 4.79 Å². The van der Waals surface area contributed by atoms with E-state index in [9.17, 15) is 4.79 Å². The van der Waals surface area contributed by atoms with Gasteiger partial charge >= 0.3 is 5.97 Å². The van der Waals surface area contributed by atoms with Gasteiger partial charge in [0.05, 0.1) is 5.49 Å². The fourth-order valence-electron chi connectivity index (χ4n) is 1.56. The first-order valence-corrected chi connectivity index (χ1v) is 6.28. The summed E-state index contributed by atoms with van der Waals surface area (Å²) >= 11 is 10.4. The van der Waals surface area contributed by atoms with Gasteiger partial charge in [-0.1, -0.05) is 23.8 Å². The van der Waals surface area contributed by atoms with Gasteiger partial charge in [-0.25, -0.2) is 4.79 Å². The van der Waals surface area contributed by atoms with Gasteiger partial charge in [-0.15, -0.1) is 5.10 Å². The van der Waals surface area contributed by atoms with E-state index in [1.54, 1.807) is 24.3 Å². The number of benzene rings is 1. The Hall–Kier alpha value is -2.19. The van der Waals surface area contributed by atoms with Crippen molar-refractivity contribution >= 4 is 41.2 Å². The monoisotopic (exact) mass is 311 g/mol. The highest BCUT2D eigenvalue weighted by atomic mass is 35.5. The normalized spacial score (nSPS) is 11.8. The Labute approximate surface area is 124 Å². The van der Waals surface area contributed by atoms with Crippen molar-refractivity contribution in [2.45, 2.75) is 6.17 Å². The van der Waals surface area contributed by atoms with Crippen LogP contribution in [0.1, 0.15) is 6.17 Å². The lowest BCUT2D eigenvalue weighted by Crippen LogP contribution is -2.33. The fraction of sp³-hybridized carbons (Fsp3) is 0.0909. The third-order valence-electron chi connectivity index (χ3n) is 2.46. The van der Waals surface area contributed by atoms with Gasteiger partial charge in [-0.05, 0) is 24.3 Å². The van der Waals surface area contributed by atoms with Crippen LogP contribution in [0, 0.1) is 0 Å². The number of carbonyl (C=O) groups is 1. The smallest absolute Gasteiger partial charge is 0.349 e. The summed E-state index contributed by atoms with van der Waals surface area (Å²) < 4.78 is 1.05. The highest BCUT2D eigenvalue weighted by Crippen LogP contribution is 2.20. The molecule has 1 aromatic heterocycles. The molecule has 9 heteroatoms. The Morgan fingerprint density at radius 2 is 2.15 bits per heavy atom. The van der Waals surface area contributed by atoms with Crippen LogP contribution in [-0.4, -0.2) is 31.3 Å². The molecule has 0 aliphatic rings. The summed E-state index contributed by atoms with van der Waals surface area (Å²) in [6, 6.07) is 6.78.